The number of ether oxygens (including phenoxy) is 1. The summed E-state index contributed by atoms with van der Waals surface area (Å²) in [6.07, 6.45) is 0.967. The molecule has 4 rings (SSSR count). The largest absolute Gasteiger partial charge is 0.497 e. The SMILES string of the molecule is COc1ccc(S(=O)(=O)N2CCC(C(=O)N(CCN(C)C)c3nc4ccccc4s3)CC2)cc1. The fourth-order valence-corrected chi connectivity index (χ4v) is 6.50. The fourth-order valence-electron chi connectivity index (χ4n) is 4.04. The zero-order valence-corrected chi connectivity index (χ0v) is 21.3. The summed E-state index contributed by atoms with van der Waals surface area (Å²) in [6, 6.07) is 14.3. The molecular weight excluding hydrogens is 472 g/mol. The highest BCUT2D eigenvalue weighted by molar-refractivity contribution is 7.89. The molecule has 0 unspecified atom stereocenters. The number of aromatic nitrogens is 1. The Morgan fingerprint density at radius 1 is 1.09 bits per heavy atom. The number of nitrogens with zero attached hydrogens (tertiary/aromatic N) is 4. The molecule has 1 aliphatic rings. The smallest absolute Gasteiger partial charge is 0.243 e. The van der Waals surface area contributed by atoms with Crippen LogP contribution in [0.4, 0.5) is 5.13 Å². The molecule has 1 aliphatic heterocycles. The van der Waals surface area contributed by atoms with Crippen LogP contribution < -0.4 is 9.64 Å². The Morgan fingerprint density at radius 3 is 2.38 bits per heavy atom. The van der Waals surface area contributed by atoms with Crippen molar-refractivity contribution in [3.63, 3.8) is 0 Å². The maximum absolute atomic E-state index is 13.6. The van der Waals surface area contributed by atoms with Crippen LogP contribution in [-0.2, 0) is 14.8 Å². The van der Waals surface area contributed by atoms with Gasteiger partial charge in [-0.25, -0.2) is 13.4 Å². The second-order valence-corrected chi connectivity index (χ2v) is 11.6. The molecule has 0 radical (unpaired) electrons. The van der Waals surface area contributed by atoms with Crippen LogP contribution >= 0.6 is 11.3 Å². The summed E-state index contributed by atoms with van der Waals surface area (Å²) in [4.78, 5) is 22.3. The summed E-state index contributed by atoms with van der Waals surface area (Å²) in [7, 11) is 1.88. The van der Waals surface area contributed by atoms with Gasteiger partial charge in [-0.2, -0.15) is 4.31 Å². The number of likely N-dealkylation sites (N-methyl/N-ethyl adjacent to an activating group) is 1. The predicted molar refractivity (Wildman–Crippen MR) is 135 cm³/mol. The summed E-state index contributed by atoms with van der Waals surface area (Å²) < 4.78 is 33.8. The Kier molecular flexibility index (Phi) is 7.51. The average Bonchev–Trinajstić information content (AvgIpc) is 3.28. The molecule has 34 heavy (non-hydrogen) atoms. The van der Waals surface area contributed by atoms with Gasteiger partial charge in [0.1, 0.15) is 5.75 Å². The normalized spacial score (nSPS) is 15.6. The molecule has 182 valence electrons. The average molecular weight is 503 g/mol. The number of rotatable bonds is 8. The number of sulfonamides is 1. The molecule has 0 atom stereocenters. The molecule has 0 spiro atoms. The van der Waals surface area contributed by atoms with Gasteiger partial charge in [-0.15, -0.1) is 0 Å². The van der Waals surface area contributed by atoms with Crippen molar-refractivity contribution in [3.05, 3.63) is 48.5 Å². The Morgan fingerprint density at radius 2 is 1.76 bits per heavy atom. The standard InChI is InChI=1S/C24H30N4O4S2/c1-26(2)16-17-28(24-25-21-6-4-5-7-22(21)33-24)23(29)18-12-14-27(15-13-18)34(30,31)20-10-8-19(32-3)9-11-20/h4-11,18H,12-17H2,1-3H3. The van der Waals surface area contributed by atoms with Crippen LogP contribution in [0.25, 0.3) is 10.2 Å². The number of hydrogen-bond acceptors (Lipinski definition) is 7. The lowest BCUT2D eigenvalue weighted by atomic mass is 9.96. The van der Waals surface area contributed by atoms with E-state index in [-0.39, 0.29) is 16.7 Å². The van der Waals surface area contributed by atoms with Crippen LogP contribution in [0.15, 0.2) is 53.4 Å². The first-order chi connectivity index (χ1) is 16.3. The van der Waals surface area contributed by atoms with Crippen molar-refractivity contribution < 1.29 is 17.9 Å². The summed E-state index contributed by atoms with van der Waals surface area (Å²) >= 11 is 1.51. The second kappa shape index (κ2) is 10.4. The van der Waals surface area contributed by atoms with Crippen LogP contribution in [0.1, 0.15) is 12.8 Å². The second-order valence-electron chi connectivity index (χ2n) is 8.61. The molecular formula is C24H30N4O4S2. The van der Waals surface area contributed by atoms with Crippen LogP contribution in [0.5, 0.6) is 5.75 Å². The van der Waals surface area contributed by atoms with Gasteiger partial charge < -0.3 is 9.64 Å². The lowest BCUT2D eigenvalue weighted by Crippen LogP contribution is -2.46. The molecule has 3 aromatic rings. The fraction of sp³-hybridized carbons (Fsp3) is 0.417. The van der Waals surface area contributed by atoms with E-state index in [0.29, 0.717) is 49.9 Å². The third kappa shape index (κ3) is 5.25. The zero-order chi connectivity index (χ0) is 24.3. The molecule has 0 saturated carbocycles. The highest BCUT2D eigenvalue weighted by atomic mass is 32.2. The number of carbonyl (C=O) groups excluding carboxylic acids is 1. The summed E-state index contributed by atoms with van der Waals surface area (Å²) in [5.74, 6) is 0.384. The Balaban J connectivity index is 1.48. The third-order valence-corrected chi connectivity index (χ3v) is 9.02. The highest BCUT2D eigenvalue weighted by Crippen LogP contribution is 2.32. The van der Waals surface area contributed by atoms with Crippen molar-refractivity contribution in [2.45, 2.75) is 17.7 Å². The van der Waals surface area contributed by atoms with Crippen LogP contribution in [0.2, 0.25) is 0 Å². The lowest BCUT2D eigenvalue weighted by molar-refractivity contribution is -0.123. The minimum Gasteiger partial charge on any atom is -0.497 e. The summed E-state index contributed by atoms with van der Waals surface area (Å²) in [5, 5.41) is 0.696. The molecule has 0 N–H and O–H groups in total. The number of carbonyl (C=O) groups is 1. The van der Waals surface area contributed by atoms with Crippen LogP contribution in [-0.4, -0.2) is 75.9 Å². The molecule has 1 fully saturated rings. The van der Waals surface area contributed by atoms with Crippen molar-refractivity contribution in [1.82, 2.24) is 14.2 Å². The van der Waals surface area contributed by atoms with E-state index in [1.165, 1.54) is 15.6 Å². The molecule has 0 aliphatic carbocycles. The Labute approximate surface area is 204 Å². The maximum atomic E-state index is 13.6. The minimum atomic E-state index is -3.61. The van der Waals surface area contributed by atoms with E-state index in [2.05, 4.69) is 0 Å². The molecule has 1 aromatic heterocycles. The van der Waals surface area contributed by atoms with Gasteiger partial charge >= 0.3 is 0 Å². The first-order valence-corrected chi connectivity index (χ1v) is 13.5. The molecule has 0 bridgehead atoms. The van der Waals surface area contributed by atoms with E-state index in [1.54, 1.807) is 36.3 Å². The molecule has 1 amide bonds. The summed E-state index contributed by atoms with van der Waals surface area (Å²) in [5.41, 5.74) is 0.880. The van der Waals surface area contributed by atoms with Crippen molar-refractivity contribution in [2.75, 3.05) is 52.3 Å². The van der Waals surface area contributed by atoms with E-state index in [4.69, 9.17) is 9.72 Å². The monoisotopic (exact) mass is 502 g/mol. The van der Waals surface area contributed by atoms with Crippen LogP contribution in [0, 0.1) is 5.92 Å². The lowest BCUT2D eigenvalue weighted by Gasteiger charge is -2.33. The Bertz CT molecular complexity index is 1200. The number of para-hydroxylation sites is 1. The third-order valence-electron chi connectivity index (χ3n) is 6.05. The van der Waals surface area contributed by atoms with Gasteiger partial charge in [0.25, 0.3) is 0 Å². The van der Waals surface area contributed by atoms with Crippen molar-refractivity contribution >= 4 is 42.6 Å². The zero-order valence-electron chi connectivity index (χ0n) is 19.7. The number of piperidine rings is 1. The first kappa shape index (κ1) is 24.6. The molecule has 10 heteroatoms. The highest BCUT2D eigenvalue weighted by Gasteiger charge is 2.35. The molecule has 1 saturated heterocycles. The number of amides is 1. The number of anilines is 1. The molecule has 8 nitrogen and oxygen atoms in total. The van der Waals surface area contributed by atoms with Gasteiger partial charge in [0.15, 0.2) is 5.13 Å². The number of thiazole rings is 1. The topological polar surface area (TPSA) is 83.0 Å². The van der Waals surface area contributed by atoms with E-state index >= 15 is 0 Å². The van der Waals surface area contributed by atoms with Gasteiger partial charge in [-0.3, -0.25) is 9.69 Å². The van der Waals surface area contributed by atoms with Crippen LogP contribution in [0.3, 0.4) is 0 Å². The van der Waals surface area contributed by atoms with E-state index in [1.807, 2.05) is 43.3 Å². The number of hydrogen-bond donors (Lipinski definition) is 0. The van der Waals surface area contributed by atoms with Gasteiger partial charge in [0.2, 0.25) is 15.9 Å². The quantitative estimate of drug-likeness (QED) is 0.470. The Hall–Kier alpha value is -2.53. The number of benzene rings is 2. The number of methoxy groups -OCH3 is 1. The predicted octanol–water partition coefficient (Wildman–Crippen LogP) is 3.30. The van der Waals surface area contributed by atoms with Crippen molar-refractivity contribution in [2.24, 2.45) is 5.92 Å². The first-order valence-electron chi connectivity index (χ1n) is 11.3. The van der Waals surface area contributed by atoms with Gasteiger partial charge in [-0.1, -0.05) is 23.5 Å². The van der Waals surface area contributed by atoms with Crippen molar-refractivity contribution in [3.8, 4) is 5.75 Å². The number of fused-ring (bicyclic) bond motifs is 1. The minimum absolute atomic E-state index is 0.0161. The van der Waals surface area contributed by atoms with E-state index in [9.17, 15) is 13.2 Å². The van der Waals surface area contributed by atoms with Crippen molar-refractivity contribution in [1.29, 1.82) is 0 Å². The molecule has 2 aromatic carbocycles. The van der Waals surface area contributed by atoms with E-state index in [0.717, 1.165) is 10.2 Å². The molecule has 2 heterocycles. The van der Waals surface area contributed by atoms with E-state index < -0.39 is 10.0 Å². The maximum Gasteiger partial charge on any atom is 0.243 e. The van der Waals surface area contributed by atoms with Gasteiger partial charge in [0.05, 0.1) is 22.2 Å². The van der Waals surface area contributed by atoms with Gasteiger partial charge in [-0.05, 0) is 63.3 Å². The van der Waals surface area contributed by atoms with Gasteiger partial charge in [0, 0.05) is 32.1 Å². The summed E-state index contributed by atoms with van der Waals surface area (Å²) in [6.45, 7) is 1.88.